The van der Waals surface area contributed by atoms with Crippen LogP contribution in [0.5, 0.6) is 0 Å². The minimum Gasteiger partial charge on any atom is -0.370 e. The highest BCUT2D eigenvalue weighted by Gasteiger charge is 2.32. The Morgan fingerprint density at radius 2 is 2.04 bits per heavy atom. The topological polar surface area (TPSA) is 43.2 Å². The molecule has 2 aliphatic rings. The molecule has 0 saturated heterocycles. The van der Waals surface area contributed by atoms with E-state index in [1.165, 1.54) is 37.2 Å². The van der Waals surface area contributed by atoms with Crippen molar-refractivity contribution in [2.24, 2.45) is 0 Å². The molecule has 0 aromatic carbocycles. The average molecular weight is 326 g/mol. The first-order chi connectivity index (χ1) is 11.8. The SMILES string of the molecule is CC1c2ncc(COCc3cccnc3)n2CCN1C1CCCC1. The third-order valence-corrected chi connectivity index (χ3v) is 5.46. The van der Waals surface area contributed by atoms with Crippen LogP contribution in [0, 0.1) is 0 Å². The Balaban J connectivity index is 1.40. The summed E-state index contributed by atoms with van der Waals surface area (Å²) in [4.78, 5) is 11.5. The number of nitrogens with zero attached hydrogens (tertiary/aromatic N) is 4. The maximum absolute atomic E-state index is 5.88. The number of imidazole rings is 1. The maximum atomic E-state index is 5.88. The Bertz CT molecular complexity index is 663. The van der Waals surface area contributed by atoms with Gasteiger partial charge in [-0.1, -0.05) is 18.9 Å². The predicted octanol–water partition coefficient (Wildman–Crippen LogP) is 3.31. The van der Waals surface area contributed by atoms with Crippen LogP contribution < -0.4 is 0 Å². The number of fused-ring (bicyclic) bond motifs is 1. The lowest BCUT2D eigenvalue weighted by atomic mass is 10.1. The molecule has 2 aromatic rings. The molecule has 0 N–H and O–H groups in total. The van der Waals surface area contributed by atoms with Crippen LogP contribution in [0.2, 0.25) is 0 Å². The summed E-state index contributed by atoms with van der Waals surface area (Å²) in [5, 5.41) is 0. The second kappa shape index (κ2) is 7.03. The van der Waals surface area contributed by atoms with Gasteiger partial charge in [0.05, 0.1) is 31.1 Å². The minimum atomic E-state index is 0.411. The van der Waals surface area contributed by atoms with Crippen LogP contribution >= 0.6 is 0 Å². The standard InChI is InChI=1S/C19H26N4O/c1-15-19-21-12-18(14-24-13-16-5-4-8-20-11-16)23(19)10-9-22(15)17-6-2-3-7-17/h4-5,8,11-12,15,17H,2-3,6-7,9-10,13-14H2,1H3. The molecule has 0 spiro atoms. The lowest BCUT2D eigenvalue weighted by Gasteiger charge is -2.38. The fourth-order valence-electron chi connectivity index (χ4n) is 4.18. The van der Waals surface area contributed by atoms with E-state index in [9.17, 15) is 0 Å². The number of hydrogen-bond donors (Lipinski definition) is 0. The van der Waals surface area contributed by atoms with Crippen molar-refractivity contribution in [1.29, 1.82) is 0 Å². The molecule has 2 aromatic heterocycles. The van der Waals surface area contributed by atoms with Crippen LogP contribution in [0.4, 0.5) is 0 Å². The molecule has 5 nitrogen and oxygen atoms in total. The van der Waals surface area contributed by atoms with Crippen LogP contribution in [-0.4, -0.2) is 32.0 Å². The Morgan fingerprint density at radius 3 is 2.83 bits per heavy atom. The van der Waals surface area contributed by atoms with Gasteiger partial charge in [-0.3, -0.25) is 9.88 Å². The summed E-state index contributed by atoms with van der Waals surface area (Å²) in [6.07, 6.45) is 11.1. The van der Waals surface area contributed by atoms with E-state index in [-0.39, 0.29) is 0 Å². The van der Waals surface area contributed by atoms with Crippen LogP contribution in [0.25, 0.3) is 0 Å². The monoisotopic (exact) mass is 326 g/mol. The van der Waals surface area contributed by atoms with Gasteiger partial charge in [0.25, 0.3) is 0 Å². The zero-order valence-electron chi connectivity index (χ0n) is 14.4. The molecule has 24 heavy (non-hydrogen) atoms. The summed E-state index contributed by atoms with van der Waals surface area (Å²) in [5.74, 6) is 1.20. The molecular formula is C19H26N4O. The van der Waals surface area contributed by atoms with E-state index >= 15 is 0 Å². The molecule has 128 valence electrons. The zero-order valence-corrected chi connectivity index (χ0v) is 14.4. The quantitative estimate of drug-likeness (QED) is 0.845. The molecular weight excluding hydrogens is 300 g/mol. The lowest BCUT2D eigenvalue weighted by Crippen LogP contribution is -2.43. The molecule has 0 amide bonds. The normalized spacial score (nSPS) is 22.0. The molecule has 1 saturated carbocycles. The molecule has 4 rings (SSSR count). The Morgan fingerprint density at radius 1 is 1.17 bits per heavy atom. The van der Waals surface area contributed by atoms with Crippen LogP contribution in [0.15, 0.2) is 30.7 Å². The Labute approximate surface area is 143 Å². The van der Waals surface area contributed by atoms with Crippen molar-refractivity contribution >= 4 is 0 Å². The van der Waals surface area contributed by atoms with E-state index in [4.69, 9.17) is 9.72 Å². The van der Waals surface area contributed by atoms with Crippen molar-refractivity contribution in [2.45, 2.75) is 64.4 Å². The van der Waals surface area contributed by atoms with Gasteiger partial charge in [0.2, 0.25) is 0 Å². The smallest absolute Gasteiger partial charge is 0.126 e. The van der Waals surface area contributed by atoms with Crippen molar-refractivity contribution in [3.8, 4) is 0 Å². The zero-order chi connectivity index (χ0) is 16.4. The van der Waals surface area contributed by atoms with E-state index in [0.29, 0.717) is 19.3 Å². The van der Waals surface area contributed by atoms with Gasteiger partial charge < -0.3 is 9.30 Å². The maximum Gasteiger partial charge on any atom is 0.126 e. The summed E-state index contributed by atoms with van der Waals surface area (Å²) in [7, 11) is 0. The molecule has 1 fully saturated rings. The first kappa shape index (κ1) is 15.8. The second-order valence-electron chi connectivity index (χ2n) is 6.97. The van der Waals surface area contributed by atoms with Gasteiger partial charge in [-0.05, 0) is 31.4 Å². The van der Waals surface area contributed by atoms with Crippen molar-refractivity contribution < 1.29 is 4.74 Å². The molecule has 1 atom stereocenters. The molecule has 0 bridgehead atoms. The highest BCUT2D eigenvalue weighted by molar-refractivity contribution is 5.12. The minimum absolute atomic E-state index is 0.411. The van der Waals surface area contributed by atoms with Gasteiger partial charge in [-0.15, -0.1) is 0 Å². The fraction of sp³-hybridized carbons (Fsp3) is 0.579. The molecule has 1 unspecified atom stereocenters. The number of hydrogen-bond acceptors (Lipinski definition) is 4. The number of aromatic nitrogens is 3. The highest BCUT2D eigenvalue weighted by atomic mass is 16.5. The van der Waals surface area contributed by atoms with Crippen LogP contribution in [0.1, 0.15) is 55.7 Å². The number of ether oxygens (including phenoxy) is 1. The third kappa shape index (κ3) is 3.10. The average Bonchev–Trinajstić information content (AvgIpc) is 3.27. The Kier molecular flexibility index (Phi) is 4.63. The van der Waals surface area contributed by atoms with E-state index in [2.05, 4.69) is 21.4 Å². The van der Waals surface area contributed by atoms with E-state index in [0.717, 1.165) is 24.7 Å². The predicted molar refractivity (Wildman–Crippen MR) is 92.3 cm³/mol. The van der Waals surface area contributed by atoms with E-state index < -0.39 is 0 Å². The van der Waals surface area contributed by atoms with Crippen LogP contribution in [0.3, 0.4) is 0 Å². The fourth-order valence-corrected chi connectivity index (χ4v) is 4.18. The van der Waals surface area contributed by atoms with Crippen molar-refractivity contribution in [3.05, 3.63) is 47.8 Å². The number of rotatable bonds is 5. The van der Waals surface area contributed by atoms with Gasteiger partial charge in [0.15, 0.2) is 0 Å². The van der Waals surface area contributed by atoms with Crippen molar-refractivity contribution in [2.75, 3.05) is 6.54 Å². The summed E-state index contributed by atoms with van der Waals surface area (Å²) >= 11 is 0. The Hall–Kier alpha value is -1.72. The van der Waals surface area contributed by atoms with E-state index in [1.807, 2.05) is 24.5 Å². The first-order valence-corrected chi connectivity index (χ1v) is 9.09. The van der Waals surface area contributed by atoms with Crippen molar-refractivity contribution in [3.63, 3.8) is 0 Å². The lowest BCUT2D eigenvalue weighted by molar-refractivity contribution is 0.0891. The van der Waals surface area contributed by atoms with Crippen molar-refractivity contribution in [1.82, 2.24) is 19.4 Å². The summed E-state index contributed by atoms with van der Waals surface area (Å²) in [6, 6.07) is 5.16. The van der Waals surface area contributed by atoms with Gasteiger partial charge in [-0.2, -0.15) is 0 Å². The van der Waals surface area contributed by atoms with Gasteiger partial charge in [0, 0.05) is 31.5 Å². The highest BCUT2D eigenvalue weighted by Crippen LogP contribution is 2.33. The molecule has 1 aliphatic heterocycles. The molecule has 3 heterocycles. The van der Waals surface area contributed by atoms with Gasteiger partial charge >= 0.3 is 0 Å². The first-order valence-electron chi connectivity index (χ1n) is 9.09. The van der Waals surface area contributed by atoms with Crippen LogP contribution in [-0.2, 0) is 24.5 Å². The van der Waals surface area contributed by atoms with E-state index in [1.54, 1.807) is 6.20 Å². The second-order valence-corrected chi connectivity index (χ2v) is 6.97. The third-order valence-electron chi connectivity index (χ3n) is 5.46. The summed E-state index contributed by atoms with van der Waals surface area (Å²) in [5.41, 5.74) is 2.29. The van der Waals surface area contributed by atoms with Gasteiger partial charge in [-0.25, -0.2) is 4.98 Å². The largest absolute Gasteiger partial charge is 0.370 e. The summed E-state index contributed by atoms with van der Waals surface area (Å²) < 4.78 is 8.24. The summed E-state index contributed by atoms with van der Waals surface area (Å²) in [6.45, 7) is 5.67. The number of pyridine rings is 1. The molecule has 1 aliphatic carbocycles. The van der Waals surface area contributed by atoms with Gasteiger partial charge in [0.1, 0.15) is 5.82 Å². The molecule has 5 heteroatoms. The molecule has 0 radical (unpaired) electrons.